The summed E-state index contributed by atoms with van der Waals surface area (Å²) in [6.07, 6.45) is 0. The van der Waals surface area contributed by atoms with Crippen molar-refractivity contribution in [2.24, 2.45) is 0 Å². The highest BCUT2D eigenvalue weighted by atomic mass is 32.1. The molecular formula is C13H8N4S. The highest BCUT2D eigenvalue weighted by Gasteiger charge is 2.07. The standard InChI is InChI=1S/C13H8N4S/c1-2-4-12-10(3-1)14-13(18-12)8-5-6-9-11(7-8)16-17-15-9/h1-7H,(H,15,16,17). The number of aromatic amines is 1. The van der Waals surface area contributed by atoms with Crippen LogP contribution in [0.4, 0.5) is 0 Å². The van der Waals surface area contributed by atoms with E-state index in [0.717, 1.165) is 27.1 Å². The largest absolute Gasteiger partial charge is 0.236 e. The SMILES string of the molecule is c1ccc2sc(-c3ccc4n[nH]nc4c3)nc2c1. The average molecular weight is 252 g/mol. The van der Waals surface area contributed by atoms with E-state index in [1.54, 1.807) is 11.3 Å². The van der Waals surface area contributed by atoms with Crippen molar-refractivity contribution in [3.63, 3.8) is 0 Å². The fraction of sp³-hybridized carbons (Fsp3) is 0. The molecule has 2 aromatic heterocycles. The number of aromatic nitrogens is 4. The first-order valence-electron chi connectivity index (χ1n) is 5.57. The van der Waals surface area contributed by atoms with Crippen molar-refractivity contribution in [3.8, 4) is 10.6 Å². The molecule has 0 spiro atoms. The Balaban J connectivity index is 1.94. The molecule has 4 nitrogen and oxygen atoms in total. The smallest absolute Gasteiger partial charge is 0.124 e. The number of para-hydroxylation sites is 1. The summed E-state index contributed by atoms with van der Waals surface area (Å²) in [7, 11) is 0. The van der Waals surface area contributed by atoms with Crippen molar-refractivity contribution in [2.75, 3.05) is 0 Å². The van der Waals surface area contributed by atoms with Crippen LogP contribution in [0.3, 0.4) is 0 Å². The lowest BCUT2D eigenvalue weighted by Crippen LogP contribution is -1.76. The highest BCUT2D eigenvalue weighted by Crippen LogP contribution is 2.30. The van der Waals surface area contributed by atoms with Gasteiger partial charge in [0.1, 0.15) is 16.0 Å². The Bertz CT molecular complexity index is 813. The summed E-state index contributed by atoms with van der Waals surface area (Å²) in [5.41, 5.74) is 3.86. The van der Waals surface area contributed by atoms with Crippen LogP contribution in [0, 0.1) is 0 Å². The maximum Gasteiger partial charge on any atom is 0.124 e. The normalized spacial score (nSPS) is 11.3. The molecule has 0 unspecified atom stereocenters. The maximum absolute atomic E-state index is 4.63. The second kappa shape index (κ2) is 3.61. The summed E-state index contributed by atoms with van der Waals surface area (Å²) in [5.74, 6) is 0. The summed E-state index contributed by atoms with van der Waals surface area (Å²) in [5, 5.41) is 11.8. The molecule has 0 amide bonds. The lowest BCUT2D eigenvalue weighted by molar-refractivity contribution is 0.959. The molecular weight excluding hydrogens is 244 g/mol. The van der Waals surface area contributed by atoms with E-state index < -0.39 is 0 Å². The first-order valence-corrected chi connectivity index (χ1v) is 6.38. The van der Waals surface area contributed by atoms with Crippen molar-refractivity contribution >= 4 is 32.6 Å². The van der Waals surface area contributed by atoms with Gasteiger partial charge in [-0.15, -0.1) is 11.3 Å². The predicted octanol–water partition coefficient (Wildman–Crippen LogP) is 3.23. The molecule has 2 heterocycles. The topological polar surface area (TPSA) is 54.5 Å². The molecule has 0 aliphatic carbocycles. The fourth-order valence-electron chi connectivity index (χ4n) is 1.97. The molecule has 0 saturated carbocycles. The summed E-state index contributed by atoms with van der Waals surface area (Å²) in [6, 6.07) is 14.2. The van der Waals surface area contributed by atoms with Crippen LogP contribution in [-0.4, -0.2) is 20.4 Å². The molecule has 0 fully saturated rings. The number of nitrogens with zero attached hydrogens (tertiary/aromatic N) is 3. The minimum absolute atomic E-state index is 0.867. The van der Waals surface area contributed by atoms with Gasteiger partial charge in [-0.2, -0.15) is 15.4 Å². The molecule has 4 rings (SSSR count). The molecule has 5 heteroatoms. The molecule has 0 aliphatic heterocycles. The van der Waals surface area contributed by atoms with E-state index in [9.17, 15) is 0 Å². The zero-order valence-electron chi connectivity index (χ0n) is 9.29. The highest BCUT2D eigenvalue weighted by molar-refractivity contribution is 7.21. The Morgan fingerprint density at radius 1 is 0.889 bits per heavy atom. The number of H-pyrrole nitrogens is 1. The number of benzene rings is 2. The third-order valence-corrected chi connectivity index (χ3v) is 3.94. The van der Waals surface area contributed by atoms with Crippen LogP contribution in [0.15, 0.2) is 42.5 Å². The van der Waals surface area contributed by atoms with Crippen LogP contribution in [0.2, 0.25) is 0 Å². The van der Waals surface area contributed by atoms with E-state index in [1.807, 2.05) is 36.4 Å². The van der Waals surface area contributed by atoms with Crippen molar-refractivity contribution in [1.29, 1.82) is 0 Å². The molecule has 0 saturated heterocycles. The molecule has 0 radical (unpaired) electrons. The molecule has 4 aromatic rings. The molecule has 2 aromatic carbocycles. The van der Waals surface area contributed by atoms with Gasteiger partial charge < -0.3 is 0 Å². The van der Waals surface area contributed by atoms with E-state index in [4.69, 9.17) is 0 Å². The van der Waals surface area contributed by atoms with Gasteiger partial charge in [0.05, 0.1) is 10.2 Å². The van der Waals surface area contributed by atoms with Gasteiger partial charge in [-0.3, -0.25) is 0 Å². The first kappa shape index (κ1) is 9.73. The molecule has 1 N–H and O–H groups in total. The van der Waals surface area contributed by atoms with Gasteiger partial charge in [-0.05, 0) is 30.3 Å². The minimum Gasteiger partial charge on any atom is -0.236 e. The number of hydrogen-bond donors (Lipinski definition) is 1. The number of nitrogens with one attached hydrogen (secondary N) is 1. The van der Waals surface area contributed by atoms with Gasteiger partial charge in [0.2, 0.25) is 0 Å². The van der Waals surface area contributed by atoms with Crippen molar-refractivity contribution in [3.05, 3.63) is 42.5 Å². The van der Waals surface area contributed by atoms with Gasteiger partial charge in [0, 0.05) is 5.56 Å². The Morgan fingerprint density at radius 2 is 1.78 bits per heavy atom. The average Bonchev–Trinajstić information content (AvgIpc) is 3.04. The Kier molecular flexibility index (Phi) is 1.95. The Hall–Kier alpha value is -2.27. The monoisotopic (exact) mass is 252 g/mol. The zero-order chi connectivity index (χ0) is 11.9. The quantitative estimate of drug-likeness (QED) is 0.566. The van der Waals surface area contributed by atoms with E-state index >= 15 is 0 Å². The van der Waals surface area contributed by atoms with Crippen LogP contribution in [0.5, 0.6) is 0 Å². The molecule has 0 bridgehead atoms. The van der Waals surface area contributed by atoms with Gasteiger partial charge in [0.15, 0.2) is 0 Å². The Labute approximate surface area is 106 Å². The third kappa shape index (κ3) is 1.41. The second-order valence-electron chi connectivity index (χ2n) is 4.01. The Morgan fingerprint density at radius 3 is 2.72 bits per heavy atom. The van der Waals surface area contributed by atoms with Gasteiger partial charge in [-0.1, -0.05) is 12.1 Å². The van der Waals surface area contributed by atoms with Crippen LogP contribution >= 0.6 is 11.3 Å². The summed E-state index contributed by atoms with van der Waals surface area (Å²) in [6.45, 7) is 0. The number of rotatable bonds is 1. The van der Waals surface area contributed by atoms with Crippen molar-refractivity contribution < 1.29 is 0 Å². The van der Waals surface area contributed by atoms with Crippen molar-refractivity contribution in [2.45, 2.75) is 0 Å². The summed E-state index contributed by atoms with van der Waals surface area (Å²) < 4.78 is 1.20. The number of fused-ring (bicyclic) bond motifs is 2. The minimum atomic E-state index is 0.867. The van der Waals surface area contributed by atoms with Crippen molar-refractivity contribution in [1.82, 2.24) is 20.4 Å². The van der Waals surface area contributed by atoms with Crippen LogP contribution < -0.4 is 0 Å². The zero-order valence-corrected chi connectivity index (χ0v) is 10.1. The molecule has 86 valence electrons. The van der Waals surface area contributed by atoms with Crippen LogP contribution in [0.1, 0.15) is 0 Å². The summed E-state index contributed by atoms with van der Waals surface area (Å²) in [4.78, 5) is 4.63. The number of thiazole rings is 1. The lowest BCUT2D eigenvalue weighted by Gasteiger charge is -1.94. The van der Waals surface area contributed by atoms with E-state index in [2.05, 4.69) is 26.5 Å². The van der Waals surface area contributed by atoms with Gasteiger partial charge in [-0.25, -0.2) is 4.98 Å². The number of hydrogen-bond acceptors (Lipinski definition) is 4. The van der Waals surface area contributed by atoms with E-state index in [0.29, 0.717) is 0 Å². The molecule has 18 heavy (non-hydrogen) atoms. The van der Waals surface area contributed by atoms with Gasteiger partial charge in [0.25, 0.3) is 0 Å². The van der Waals surface area contributed by atoms with Crippen LogP contribution in [0.25, 0.3) is 31.8 Å². The molecule has 0 aliphatic rings. The lowest BCUT2D eigenvalue weighted by atomic mass is 10.2. The third-order valence-electron chi connectivity index (χ3n) is 2.86. The second-order valence-corrected chi connectivity index (χ2v) is 5.04. The maximum atomic E-state index is 4.63. The molecule has 0 atom stereocenters. The summed E-state index contributed by atoms with van der Waals surface area (Å²) >= 11 is 1.69. The van der Waals surface area contributed by atoms with E-state index in [1.165, 1.54) is 4.70 Å². The van der Waals surface area contributed by atoms with Crippen LogP contribution in [-0.2, 0) is 0 Å². The van der Waals surface area contributed by atoms with E-state index in [-0.39, 0.29) is 0 Å². The fourth-order valence-corrected chi connectivity index (χ4v) is 2.93. The predicted molar refractivity (Wildman–Crippen MR) is 72.5 cm³/mol. The van der Waals surface area contributed by atoms with Gasteiger partial charge >= 0.3 is 0 Å². The first-order chi connectivity index (χ1) is 8.90.